The summed E-state index contributed by atoms with van der Waals surface area (Å²) in [5.74, 6) is 0.00556. The molecule has 2 aromatic heterocycles. The van der Waals surface area contributed by atoms with E-state index in [0.29, 0.717) is 23.3 Å². The highest BCUT2D eigenvalue weighted by atomic mass is 32.1. The number of aromatic nitrogens is 2. The summed E-state index contributed by atoms with van der Waals surface area (Å²) in [5, 5.41) is 5.55. The molecule has 0 amide bonds. The second-order valence-corrected chi connectivity index (χ2v) is 7.32. The van der Waals surface area contributed by atoms with Crippen LogP contribution >= 0.6 is 11.3 Å². The van der Waals surface area contributed by atoms with Crippen molar-refractivity contribution in [1.29, 1.82) is 0 Å². The lowest BCUT2D eigenvalue weighted by Gasteiger charge is -2.02. The van der Waals surface area contributed by atoms with Crippen LogP contribution in [0.1, 0.15) is 27.3 Å². The number of rotatable bonds is 7. The van der Waals surface area contributed by atoms with Gasteiger partial charge in [0.1, 0.15) is 18.6 Å². The number of nitrogens with one attached hydrogen (secondary N) is 1. The third-order valence-electron chi connectivity index (χ3n) is 4.20. The Morgan fingerprint density at radius 3 is 2.69 bits per heavy atom. The zero-order valence-corrected chi connectivity index (χ0v) is 16.6. The molecule has 146 valence electrons. The van der Waals surface area contributed by atoms with Crippen molar-refractivity contribution in [3.05, 3.63) is 88.8 Å². The fourth-order valence-electron chi connectivity index (χ4n) is 2.64. The van der Waals surface area contributed by atoms with Crippen molar-refractivity contribution >= 4 is 22.4 Å². The van der Waals surface area contributed by atoms with Crippen LogP contribution in [0, 0.1) is 6.92 Å². The van der Waals surface area contributed by atoms with Gasteiger partial charge in [0, 0.05) is 17.5 Å². The van der Waals surface area contributed by atoms with Gasteiger partial charge in [0.05, 0.1) is 0 Å². The summed E-state index contributed by atoms with van der Waals surface area (Å²) in [6.07, 6.45) is 1.50. The Morgan fingerprint density at radius 2 is 1.90 bits per heavy atom. The van der Waals surface area contributed by atoms with Crippen molar-refractivity contribution in [3.63, 3.8) is 0 Å². The molecular weight excluding hydrogens is 386 g/mol. The van der Waals surface area contributed by atoms with Crippen molar-refractivity contribution in [2.75, 3.05) is 5.32 Å². The number of oxazole rings is 1. The first-order valence-corrected chi connectivity index (χ1v) is 9.97. The number of nitrogens with zero attached hydrogens (tertiary/aromatic N) is 2. The summed E-state index contributed by atoms with van der Waals surface area (Å²) >= 11 is 1.36. The molecule has 0 aliphatic carbocycles. The van der Waals surface area contributed by atoms with Crippen LogP contribution in [-0.2, 0) is 17.9 Å². The minimum Gasteiger partial charge on any atom is -0.454 e. The Morgan fingerprint density at radius 1 is 1.10 bits per heavy atom. The van der Waals surface area contributed by atoms with Crippen LogP contribution in [0.25, 0.3) is 11.5 Å². The molecule has 0 unspecified atom stereocenters. The maximum absolute atomic E-state index is 12.3. The molecule has 0 saturated heterocycles. The molecule has 0 bridgehead atoms. The van der Waals surface area contributed by atoms with E-state index in [-0.39, 0.29) is 12.3 Å². The van der Waals surface area contributed by atoms with Crippen LogP contribution < -0.4 is 5.32 Å². The predicted octanol–water partition coefficient (Wildman–Crippen LogP) is 5.08. The molecule has 6 nitrogen and oxygen atoms in total. The molecule has 4 aromatic rings. The highest BCUT2D eigenvalue weighted by Gasteiger charge is 2.14. The second-order valence-electron chi connectivity index (χ2n) is 6.46. The van der Waals surface area contributed by atoms with Crippen LogP contribution in [0.2, 0.25) is 0 Å². The van der Waals surface area contributed by atoms with E-state index in [1.54, 1.807) is 5.38 Å². The number of esters is 1. The molecule has 7 heteroatoms. The molecule has 0 spiro atoms. The first-order chi connectivity index (χ1) is 14.2. The van der Waals surface area contributed by atoms with E-state index in [2.05, 4.69) is 15.3 Å². The topological polar surface area (TPSA) is 77.2 Å². The van der Waals surface area contributed by atoms with Crippen LogP contribution in [0.4, 0.5) is 5.13 Å². The molecule has 2 heterocycles. The molecule has 4 rings (SSSR count). The highest BCUT2D eigenvalue weighted by Crippen LogP contribution is 2.20. The zero-order chi connectivity index (χ0) is 20.1. The van der Waals surface area contributed by atoms with Crippen molar-refractivity contribution in [2.45, 2.75) is 20.1 Å². The number of hydrogen-bond acceptors (Lipinski definition) is 7. The van der Waals surface area contributed by atoms with E-state index in [1.165, 1.54) is 17.6 Å². The van der Waals surface area contributed by atoms with Gasteiger partial charge in [-0.25, -0.2) is 14.8 Å². The Labute approximate surface area is 172 Å². The number of hydrogen-bond donors (Lipinski definition) is 1. The van der Waals surface area contributed by atoms with Gasteiger partial charge in [-0.15, -0.1) is 11.3 Å². The first kappa shape index (κ1) is 18.9. The Hall–Kier alpha value is -3.45. The van der Waals surface area contributed by atoms with Crippen molar-refractivity contribution in [3.8, 4) is 11.5 Å². The number of anilines is 1. The predicted molar refractivity (Wildman–Crippen MR) is 112 cm³/mol. The summed E-state index contributed by atoms with van der Waals surface area (Å²) in [7, 11) is 0. The minimum absolute atomic E-state index is 0.0263. The van der Waals surface area contributed by atoms with Gasteiger partial charge in [-0.3, -0.25) is 0 Å². The summed E-state index contributed by atoms with van der Waals surface area (Å²) < 4.78 is 10.8. The minimum atomic E-state index is -0.492. The van der Waals surface area contributed by atoms with Crippen LogP contribution in [0.3, 0.4) is 0 Å². The van der Waals surface area contributed by atoms with Crippen molar-refractivity contribution in [2.24, 2.45) is 0 Å². The largest absolute Gasteiger partial charge is 0.454 e. The number of carbonyl (C=O) groups excluding carboxylic acids is 1. The third-order valence-corrected chi connectivity index (χ3v) is 5.00. The third kappa shape index (κ3) is 4.89. The van der Waals surface area contributed by atoms with Crippen molar-refractivity contribution < 1.29 is 13.9 Å². The van der Waals surface area contributed by atoms with Gasteiger partial charge in [-0.1, -0.05) is 48.0 Å². The lowest BCUT2D eigenvalue weighted by molar-refractivity contribution is 0.0462. The zero-order valence-electron chi connectivity index (χ0n) is 15.8. The fourth-order valence-corrected chi connectivity index (χ4v) is 3.32. The molecule has 29 heavy (non-hydrogen) atoms. The Bertz CT molecular complexity index is 1090. The van der Waals surface area contributed by atoms with Gasteiger partial charge >= 0.3 is 5.97 Å². The van der Waals surface area contributed by atoms with Crippen LogP contribution in [0.15, 0.2) is 70.7 Å². The molecular formula is C22H19N3O3S. The molecule has 0 aliphatic rings. The van der Waals surface area contributed by atoms with Gasteiger partial charge in [-0.05, 0) is 24.6 Å². The number of aryl methyl sites for hydroxylation is 1. The number of benzene rings is 2. The quantitative estimate of drug-likeness (QED) is 0.432. The molecule has 1 N–H and O–H groups in total. The summed E-state index contributed by atoms with van der Waals surface area (Å²) in [4.78, 5) is 20.9. The van der Waals surface area contributed by atoms with Gasteiger partial charge in [0.25, 0.3) is 0 Å². The van der Waals surface area contributed by atoms with E-state index in [1.807, 2.05) is 61.5 Å². The second kappa shape index (κ2) is 8.70. The summed E-state index contributed by atoms with van der Waals surface area (Å²) in [6.45, 7) is 2.69. The van der Waals surface area contributed by atoms with Gasteiger partial charge in [0.15, 0.2) is 10.8 Å². The Kier molecular flexibility index (Phi) is 5.67. The first-order valence-electron chi connectivity index (χ1n) is 9.09. The van der Waals surface area contributed by atoms with E-state index in [4.69, 9.17) is 9.15 Å². The number of thiazole rings is 1. The van der Waals surface area contributed by atoms with E-state index in [0.717, 1.165) is 16.7 Å². The van der Waals surface area contributed by atoms with Gasteiger partial charge < -0.3 is 14.5 Å². The van der Waals surface area contributed by atoms with Crippen molar-refractivity contribution in [1.82, 2.24) is 9.97 Å². The van der Waals surface area contributed by atoms with Crippen LogP contribution in [-0.4, -0.2) is 15.9 Å². The standard InChI is InChI=1S/C22H19N3O3S/c1-15-7-9-17(10-8-15)20-24-18(12-27-20)13-28-21(26)19-14-29-22(25-19)23-11-16-5-3-2-4-6-16/h2-10,12,14H,11,13H2,1H3,(H,23,25). The smallest absolute Gasteiger partial charge is 0.358 e. The van der Waals surface area contributed by atoms with E-state index in [9.17, 15) is 4.79 Å². The van der Waals surface area contributed by atoms with Crippen LogP contribution in [0.5, 0.6) is 0 Å². The maximum Gasteiger partial charge on any atom is 0.358 e. The van der Waals surface area contributed by atoms with E-state index >= 15 is 0 Å². The molecule has 0 atom stereocenters. The lowest BCUT2D eigenvalue weighted by Crippen LogP contribution is -2.06. The number of carbonyl (C=O) groups is 1. The average molecular weight is 405 g/mol. The summed E-state index contributed by atoms with van der Waals surface area (Å²) in [6, 6.07) is 17.9. The summed E-state index contributed by atoms with van der Waals surface area (Å²) in [5.41, 5.74) is 4.00. The SMILES string of the molecule is Cc1ccc(-c2nc(COC(=O)c3csc(NCc4ccccc4)n3)co2)cc1. The van der Waals surface area contributed by atoms with Gasteiger partial charge in [-0.2, -0.15) is 0 Å². The molecule has 0 fully saturated rings. The maximum atomic E-state index is 12.3. The molecule has 0 radical (unpaired) electrons. The molecule has 0 saturated carbocycles. The molecule has 2 aromatic carbocycles. The monoisotopic (exact) mass is 405 g/mol. The number of ether oxygens (including phenoxy) is 1. The average Bonchev–Trinajstić information content (AvgIpc) is 3.42. The lowest BCUT2D eigenvalue weighted by atomic mass is 10.1. The van der Waals surface area contributed by atoms with Gasteiger partial charge in [0.2, 0.25) is 5.89 Å². The van der Waals surface area contributed by atoms with E-state index < -0.39 is 5.97 Å². The highest BCUT2D eigenvalue weighted by molar-refractivity contribution is 7.13. The molecule has 0 aliphatic heterocycles. The normalized spacial score (nSPS) is 10.7. The fraction of sp³-hybridized carbons (Fsp3) is 0.136. The Balaban J connectivity index is 1.31.